The highest BCUT2D eigenvalue weighted by atomic mass is 16.5. The molecule has 1 aliphatic heterocycles. The third kappa shape index (κ3) is 1.56. The average molecular weight is 241 g/mol. The van der Waals surface area contributed by atoms with Crippen LogP contribution in [0.5, 0.6) is 11.5 Å². The summed E-state index contributed by atoms with van der Waals surface area (Å²) in [5.41, 5.74) is 9.07. The molecule has 1 atom stereocenters. The third-order valence-corrected chi connectivity index (χ3v) is 3.27. The van der Waals surface area contributed by atoms with Gasteiger partial charge < -0.3 is 15.2 Å². The van der Waals surface area contributed by atoms with E-state index >= 15 is 0 Å². The largest absolute Gasteiger partial charge is 0.496 e. The molecule has 92 valence electrons. The SMILES string of the molecule is COc1cccc2c1-c1ccccc1C(CN)O2. The lowest BCUT2D eigenvalue weighted by molar-refractivity contribution is 0.209. The van der Waals surface area contributed by atoms with Crippen molar-refractivity contribution in [1.29, 1.82) is 0 Å². The molecule has 1 unspecified atom stereocenters. The van der Waals surface area contributed by atoms with Crippen molar-refractivity contribution in [2.45, 2.75) is 6.10 Å². The van der Waals surface area contributed by atoms with Gasteiger partial charge in [0.25, 0.3) is 0 Å². The highest BCUT2D eigenvalue weighted by Gasteiger charge is 2.26. The van der Waals surface area contributed by atoms with Gasteiger partial charge in [-0.1, -0.05) is 30.3 Å². The molecule has 18 heavy (non-hydrogen) atoms. The molecular formula is C15H15NO2. The van der Waals surface area contributed by atoms with Crippen LogP contribution in [0, 0.1) is 0 Å². The maximum absolute atomic E-state index is 5.95. The van der Waals surface area contributed by atoms with Gasteiger partial charge in [0.15, 0.2) is 0 Å². The highest BCUT2D eigenvalue weighted by molar-refractivity contribution is 5.81. The standard InChI is InChI=1S/C15H15NO2/c1-17-12-7-4-8-13-15(12)11-6-3-2-5-10(11)14(9-16)18-13/h2-8,14H,9,16H2,1H3. The molecule has 0 aromatic heterocycles. The van der Waals surface area contributed by atoms with Gasteiger partial charge in [0.2, 0.25) is 0 Å². The molecule has 0 saturated heterocycles. The number of methoxy groups -OCH3 is 1. The van der Waals surface area contributed by atoms with Gasteiger partial charge >= 0.3 is 0 Å². The van der Waals surface area contributed by atoms with Crippen LogP contribution in [0.4, 0.5) is 0 Å². The molecule has 0 radical (unpaired) electrons. The first-order valence-corrected chi connectivity index (χ1v) is 5.98. The van der Waals surface area contributed by atoms with Crippen LogP contribution in [0.1, 0.15) is 11.7 Å². The first-order valence-electron chi connectivity index (χ1n) is 5.98. The van der Waals surface area contributed by atoms with Crippen molar-refractivity contribution in [3.05, 3.63) is 48.0 Å². The van der Waals surface area contributed by atoms with Gasteiger partial charge in [-0.3, -0.25) is 0 Å². The van der Waals surface area contributed by atoms with E-state index in [1.54, 1.807) is 7.11 Å². The zero-order valence-corrected chi connectivity index (χ0v) is 10.2. The van der Waals surface area contributed by atoms with Crippen LogP contribution in [0.2, 0.25) is 0 Å². The Kier molecular flexibility index (Phi) is 2.68. The Bertz CT molecular complexity index is 580. The van der Waals surface area contributed by atoms with Crippen LogP contribution < -0.4 is 15.2 Å². The molecule has 1 heterocycles. The van der Waals surface area contributed by atoms with Gasteiger partial charge in [-0.15, -0.1) is 0 Å². The first kappa shape index (κ1) is 11.1. The van der Waals surface area contributed by atoms with Crippen molar-refractivity contribution in [2.75, 3.05) is 13.7 Å². The summed E-state index contributed by atoms with van der Waals surface area (Å²) < 4.78 is 11.4. The maximum atomic E-state index is 5.95. The quantitative estimate of drug-likeness (QED) is 0.879. The highest BCUT2D eigenvalue weighted by Crippen LogP contribution is 2.46. The minimum Gasteiger partial charge on any atom is -0.496 e. The van der Waals surface area contributed by atoms with E-state index in [1.807, 2.05) is 30.3 Å². The van der Waals surface area contributed by atoms with Crippen molar-refractivity contribution < 1.29 is 9.47 Å². The second-order valence-electron chi connectivity index (χ2n) is 4.26. The summed E-state index contributed by atoms with van der Waals surface area (Å²) in [5, 5.41) is 0. The molecule has 0 amide bonds. The second kappa shape index (κ2) is 4.35. The summed E-state index contributed by atoms with van der Waals surface area (Å²) in [5.74, 6) is 1.67. The lowest BCUT2D eigenvalue weighted by Crippen LogP contribution is -2.22. The molecule has 2 aromatic rings. The Morgan fingerprint density at radius 3 is 2.78 bits per heavy atom. The fourth-order valence-corrected chi connectivity index (χ4v) is 2.44. The predicted octanol–water partition coefficient (Wildman–Crippen LogP) is 2.75. The molecule has 0 spiro atoms. The van der Waals surface area contributed by atoms with Crippen molar-refractivity contribution in [1.82, 2.24) is 0 Å². The van der Waals surface area contributed by atoms with Crippen molar-refractivity contribution in [3.63, 3.8) is 0 Å². The smallest absolute Gasteiger partial charge is 0.137 e. The summed E-state index contributed by atoms with van der Waals surface area (Å²) in [7, 11) is 1.67. The van der Waals surface area contributed by atoms with Gasteiger partial charge in [-0.2, -0.15) is 0 Å². The monoisotopic (exact) mass is 241 g/mol. The zero-order valence-electron chi connectivity index (χ0n) is 10.2. The minimum absolute atomic E-state index is 0.0826. The van der Waals surface area contributed by atoms with Gasteiger partial charge in [-0.05, 0) is 17.7 Å². The molecule has 2 aromatic carbocycles. The van der Waals surface area contributed by atoms with Crippen LogP contribution in [0.25, 0.3) is 11.1 Å². The molecule has 3 rings (SSSR count). The van der Waals surface area contributed by atoms with E-state index < -0.39 is 0 Å². The van der Waals surface area contributed by atoms with E-state index in [-0.39, 0.29) is 6.10 Å². The molecular weight excluding hydrogens is 226 g/mol. The fourth-order valence-electron chi connectivity index (χ4n) is 2.44. The summed E-state index contributed by atoms with van der Waals surface area (Å²) in [6.45, 7) is 0.466. The number of nitrogens with two attached hydrogens (primary N) is 1. The summed E-state index contributed by atoms with van der Waals surface area (Å²) >= 11 is 0. The number of rotatable bonds is 2. The van der Waals surface area contributed by atoms with Crippen LogP contribution in [0.15, 0.2) is 42.5 Å². The lowest BCUT2D eigenvalue weighted by Gasteiger charge is -2.28. The van der Waals surface area contributed by atoms with Crippen molar-refractivity contribution >= 4 is 0 Å². The van der Waals surface area contributed by atoms with Gasteiger partial charge in [0, 0.05) is 12.1 Å². The minimum atomic E-state index is -0.0826. The molecule has 2 N–H and O–H groups in total. The topological polar surface area (TPSA) is 44.5 Å². The van der Waals surface area contributed by atoms with Crippen molar-refractivity contribution in [2.24, 2.45) is 5.73 Å². The number of benzene rings is 2. The van der Waals surface area contributed by atoms with Crippen LogP contribution in [0.3, 0.4) is 0 Å². The Labute approximate surface area is 106 Å². The van der Waals surface area contributed by atoms with E-state index in [2.05, 4.69) is 12.1 Å². The summed E-state index contributed by atoms with van der Waals surface area (Å²) in [4.78, 5) is 0. The zero-order chi connectivity index (χ0) is 12.5. The number of ether oxygens (including phenoxy) is 2. The van der Waals surface area contributed by atoms with E-state index in [0.717, 1.165) is 28.2 Å². The molecule has 0 aliphatic carbocycles. The summed E-state index contributed by atoms with van der Waals surface area (Å²) in [6, 6.07) is 14.0. The van der Waals surface area contributed by atoms with Gasteiger partial charge in [0.05, 0.1) is 12.7 Å². The average Bonchev–Trinajstić information content (AvgIpc) is 2.45. The summed E-state index contributed by atoms with van der Waals surface area (Å²) in [6.07, 6.45) is -0.0826. The molecule has 0 fully saturated rings. The molecule has 1 aliphatic rings. The molecule has 3 nitrogen and oxygen atoms in total. The molecule has 0 saturated carbocycles. The molecule has 0 bridgehead atoms. The van der Waals surface area contributed by atoms with Crippen LogP contribution in [-0.2, 0) is 0 Å². The van der Waals surface area contributed by atoms with E-state index in [0.29, 0.717) is 6.54 Å². The number of fused-ring (bicyclic) bond motifs is 3. The van der Waals surface area contributed by atoms with Crippen molar-refractivity contribution in [3.8, 4) is 22.6 Å². The first-order chi connectivity index (χ1) is 8.85. The van der Waals surface area contributed by atoms with Gasteiger partial charge in [0.1, 0.15) is 17.6 Å². The lowest BCUT2D eigenvalue weighted by atomic mass is 9.92. The van der Waals surface area contributed by atoms with E-state index in [9.17, 15) is 0 Å². The molecule has 3 heteroatoms. The fraction of sp³-hybridized carbons (Fsp3) is 0.200. The number of hydrogen-bond acceptors (Lipinski definition) is 3. The normalized spacial score (nSPS) is 16.4. The van der Waals surface area contributed by atoms with Crippen LogP contribution >= 0.6 is 0 Å². The second-order valence-corrected chi connectivity index (χ2v) is 4.26. The maximum Gasteiger partial charge on any atom is 0.137 e. The van der Waals surface area contributed by atoms with Gasteiger partial charge in [-0.25, -0.2) is 0 Å². The van der Waals surface area contributed by atoms with E-state index in [4.69, 9.17) is 15.2 Å². The number of hydrogen-bond donors (Lipinski definition) is 1. The van der Waals surface area contributed by atoms with Crippen LogP contribution in [-0.4, -0.2) is 13.7 Å². The Morgan fingerprint density at radius 1 is 1.17 bits per heavy atom. The predicted molar refractivity (Wildman–Crippen MR) is 70.9 cm³/mol. The Morgan fingerprint density at radius 2 is 2.00 bits per heavy atom. The Balaban J connectivity index is 2.27. The third-order valence-electron chi connectivity index (χ3n) is 3.27. The van der Waals surface area contributed by atoms with E-state index in [1.165, 1.54) is 0 Å². The Hall–Kier alpha value is -2.00.